The van der Waals surface area contributed by atoms with Gasteiger partial charge in [0.15, 0.2) is 5.82 Å². The highest BCUT2D eigenvalue weighted by Gasteiger charge is 2.18. The zero-order valence-electron chi connectivity index (χ0n) is 8.17. The minimum absolute atomic E-state index is 0.153. The number of carboxylic acid groups (broad SMARTS) is 1. The van der Waals surface area contributed by atoms with Crippen molar-refractivity contribution in [1.82, 2.24) is 10.2 Å². The second-order valence-electron chi connectivity index (χ2n) is 3.19. The summed E-state index contributed by atoms with van der Waals surface area (Å²) in [6.07, 6.45) is 0. The molecule has 0 saturated heterocycles. The summed E-state index contributed by atoms with van der Waals surface area (Å²) in [5.74, 6) is -3.11. The number of hydrogen-bond acceptors (Lipinski definition) is 2. The third kappa shape index (κ3) is 1.99. The molecule has 0 spiro atoms. The number of nitrogens with zero attached hydrogens (tertiary/aromatic N) is 1. The van der Waals surface area contributed by atoms with E-state index in [4.69, 9.17) is 16.7 Å². The minimum atomic E-state index is -1.27. The van der Waals surface area contributed by atoms with E-state index in [1.54, 1.807) is 0 Å². The van der Waals surface area contributed by atoms with E-state index in [1.807, 2.05) is 0 Å². The van der Waals surface area contributed by atoms with Gasteiger partial charge in [-0.25, -0.2) is 13.6 Å². The molecule has 0 amide bonds. The van der Waals surface area contributed by atoms with Crippen molar-refractivity contribution in [2.75, 3.05) is 0 Å². The number of H-pyrrole nitrogens is 1. The van der Waals surface area contributed by atoms with E-state index in [0.717, 1.165) is 18.2 Å². The van der Waals surface area contributed by atoms with Crippen LogP contribution in [0, 0.1) is 11.6 Å². The van der Waals surface area contributed by atoms with E-state index >= 15 is 0 Å². The van der Waals surface area contributed by atoms with Crippen LogP contribution in [-0.2, 0) is 0 Å². The number of hydrogen-bond donors (Lipinski definition) is 2. The average molecular weight is 259 g/mol. The fourth-order valence-electron chi connectivity index (χ4n) is 1.32. The van der Waals surface area contributed by atoms with Gasteiger partial charge < -0.3 is 5.11 Å². The molecule has 2 rings (SSSR count). The molecule has 4 nitrogen and oxygen atoms in total. The number of aromatic amines is 1. The normalized spacial score (nSPS) is 10.5. The van der Waals surface area contributed by atoms with Crippen LogP contribution in [0.2, 0.25) is 5.02 Å². The monoisotopic (exact) mass is 258 g/mol. The van der Waals surface area contributed by atoms with Crippen molar-refractivity contribution in [3.63, 3.8) is 0 Å². The van der Waals surface area contributed by atoms with Gasteiger partial charge in [-0.05, 0) is 18.2 Å². The Balaban J connectivity index is 2.60. The zero-order valence-corrected chi connectivity index (χ0v) is 8.92. The molecule has 1 aromatic carbocycles. The number of halogens is 3. The number of rotatable bonds is 2. The molecule has 1 aromatic heterocycles. The number of aromatic nitrogens is 2. The molecule has 0 saturated carbocycles. The lowest BCUT2D eigenvalue weighted by atomic mass is 10.1. The van der Waals surface area contributed by atoms with Crippen molar-refractivity contribution in [3.05, 3.63) is 40.6 Å². The molecule has 1 heterocycles. The lowest BCUT2D eigenvalue weighted by Gasteiger charge is -2.02. The molecule has 7 heteroatoms. The van der Waals surface area contributed by atoms with Crippen LogP contribution in [0.15, 0.2) is 18.2 Å². The maximum absolute atomic E-state index is 13.6. The standard InChI is InChI=1S/C10H5ClF2N2O2/c11-4-1-2-5(12)8(9(4)13)6-3-7(10(16)17)15-14-6/h1-3H,(H,14,15)(H,16,17). The van der Waals surface area contributed by atoms with Crippen molar-refractivity contribution in [1.29, 1.82) is 0 Å². The van der Waals surface area contributed by atoms with Crippen LogP contribution in [0.3, 0.4) is 0 Å². The molecule has 0 fully saturated rings. The van der Waals surface area contributed by atoms with Crippen LogP contribution in [0.25, 0.3) is 11.3 Å². The number of benzene rings is 1. The number of carbonyl (C=O) groups is 1. The Morgan fingerprint density at radius 1 is 1.41 bits per heavy atom. The van der Waals surface area contributed by atoms with Gasteiger partial charge in [0, 0.05) is 0 Å². The Kier molecular flexibility index (Phi) is 2.81. The summed E-state index contributed by atoms with van der Waals surface area (Å²) in [7, 11) is 0. The fraction of sp³-hybridized carbons (Fsp3) is 0. The van der Waals surface area contributed by atoms with E-state index < -0.39 is 23.2 Å². The molecule has 0 aliphatic rings. The summed E-state index contributed by atoms with van der Waals surface area (Å²) < 4.78 is 27.0. The summed E-state index contributed by atoms with van der Waals surface area (Å²) in [5, 5.41) is 14.1. The van der Waals surface area contributed by atoms with E-state index in [0.29, 0.717) is 0 Å². The summed E-state index contributed by atoms with van der Waals surface area (Å²) >= 11 is 5.51. The second kappa shape index (κ2) is 4.14. The topological polar surface area (TPSA) is 66.0 Å². The molecule has 2 N–H and O–H groups in total. The fourth-order valence-corrected chi connectivity index (χ4v) is 1.48. The Hall–Kier alpha value is -1.95. The minimum Gasteiger partial charge on any atom is -0.477 e. The van der Waals surface area contributed by atoms with E-state index in [2.05, 4.69) is 10.2 Å². The lowest BCUT2D eigenvalue weighted by molar-refractivity contribution is 0.0690. The molecular weight excluding hydrogens is 254 g/mol. The lowest BCUT2D eigenvalue weighted by Crippen LogP contribution is -1.95. The van der Waals surface area contributed by atoms with Crippen LogP contribution >= 0.6 is 11.6 Å². The van der Waals surface area contributed by atoms with Gasteiger partial charge >= 0.3 is 5.97 Å². The molecule has 0 aliphatic heterocycles. The predicted octanol–water partition coefficient (Wildman–Crippen LogP) is 2.71. The summed E-state index contributed by atoms with van der Waals surface area (Å²) in [6.45, 7) is 0. The Labute approximate surface area is 98.8 Å². The molecule has 0 radical (unpaired) electrons. The Morgan fingerprint density at radius 2 is 2.12 bits per heavy atom. The molecule has 17 heavy (non-hydrogen) atoms. The molecule has 0 bridgehead atoms. The van der Waals surface area contributed by atoms with Gasteiger partial charge in [0.05, 0.1) is 16.3 Å². The van der Waals surface area contributed by atoms with Gasteiger partial charge in [0.2, 0.25) is 0 Å². The second-order valence-corrected chi connectivity index (χ2v) is 3.60. The van der Waals surface area contributed by atoms with Crippen LogP contribution in [0.5, 0.6) is 0 Å². The molecule has 0 aliphatic carbocycles. The molecule has 88 valence electrons. The molecule has 2 aromatic rings. The first kappa shape index (κ1) is 11.5. The van der Waals surface area contributed by atoms with Gasteiger partial charge in [-0.1, -0.05) is 11.6 Å². The maximum atomic E-state index is 13.6. The van der Waals surface area contributed by atoms with E-state index in [1.165, 1.54) is 0 Å². The van der Waals surface area contributed by atoms with Gasteiger partial charge in [-0.3, -0.25) is 5.10 Å². The van der Waals surface area contributed by atoms with Gasteiger partial charge in [-0.2, -0.15) is 5.10 Å². The first-order chi connectivity index (χ1) is 8.00. The third-order valence-corrected chi connectivity index (χ3v) is 2.40. The van der Waals surface area contributed by atoms with Crippen LogP contribution in [0.1, 0.15) is 10.5 Å². The molecule has 0 atom stereocenters. The summed E-state index contributed by atoms with van der Waals surface area (Å²) in [5.41, 5.74) is -0.875. The van der Waals surface area contributed by atoms with Crippen molar-refractivity contribution in [2.45, 2.75) is 0 Å². The van der Waals surface area contributed by atoms with Crippen molar-refractivity contribution >= 4 is 17.6 Å². The van der Waals surface area contributed by atoms with Gasteiger partial charge in [0.25, 0.3) is 0 Å². The zero-order chi connectivity index (χ0) is 12.6. The summed E-state index contributed by atoms with van der Waals surface area (Å²) in [4.78, 5) is 10.6. The average Bonchev–Trinajstić information content (AvgIpc) is 2.73. The highest BCUT2D eigenvalue weighted by molar-refractivity contribution is 6.31. The maximum Gasteiger partial charge on any atom is 0.353 e. The molecular formula is C10H5ClF2N2O2. The highest BCUT2D eigenvalue weighted by atomic mass is 35.5. The van der Waals surface area contributed by atoms with E-state index in [-0.39, 0.29) is 16.4 Å². The first-order valence-electron chi connectivity index (χ1n) is 4.43. The summed E-state index contributed by atoms with van der Waals surface area (Å²) in [6, 6.07) is 3.08. The van der Waals surface area contributed by atoms with Crippen LogP contribution in [-0.4, -0.2) is 21.3 Å². The quantitative estimate of drug-likeness (QED) is 0.814. The van der Waals surface area contributed by atoms with Crippen LogP contribution < -0.4 is 0 Å². The number of aromatic carboxylic acids is 1. The Bertz CT molecular complexity index is 598. The van der Waals surface area contributed by atoms with Crippen molar-refractivity contribution < 1.29 is 18.7 Å². The SMILES string of the molecule is O=C(O)c1cc(-c2c(F)ccc(Cl)c2F)n[nH]1. The predicted molar refractivity (Wildman–Crippen MR) is 55.9 cm³/mol. The third-order valence-electron chi connectivity index (χ3n) is 2.11. The van der Waals surface area contributed by atoms with Gasteiger partial charge in [-0.15, -0.1) is 0 Å². The largest absolute Gasteiger partial charge is 0.477 e. The first-order valence-corrected chi connectivity index (χ1v) is 4.81. The van der Waals surface area contributed by atoms with Gasteiger partial charge in [0.1, 0.15) is 11.5 Å². The van der Waals surface area contributed by atoms with Crippen molar-refractivity contribution in [3.8, 4) is 11.3 Å². The molecule has 0 unspecified atom stereocenters. The number of carboxylic acids is 1. The van der Waals surface area contributed by atoms with Crippen LogP contribution in [0.4, 0.5) is 8.78 Å². The number of nitrogens with one attached hydrogen (secondary N) is 1. The Morgan fingerprint density at radius 3 is 2.71 bits per heavy atom. The van der Waals surface area contributed by atoms with E-state index in [9.17, 15) is 13.6 Å². The highest BCUT2D eigenvalue weighted by Crippen LogP contribution is 2.29. The van der Waals surface area contributed by atoms with Crippen molar-refractivity contribution in [2.24, 2.45) is 0 Å². The smallest absolute Gasteiger partial charge is 0.353 e.